The maximum absolute atomic E-state index is 12.8. The van der Waals surface area contributed by atoms with Crippen LogP contribution in [0.25, 0.3) is 0 Å². The van der Waals surface area contributed by atoms with Crippen LogP contribution in [0, 0.1) is 0 Å². The molecule has 0 bridgehead atoms. The van der Waals surface area contributed by atoms with E-state index in [1.165, 1.54) is 4.90 Å². The molecule has 0 aromatic carbocycles. The molecule has 1 fully saturated rings. The van der Waals surface area contributed by atoms with Gasteiger partial charge in [0, 0.05) is 19.4 Å². The number of carboxylic acid groups (broad SMARTS) is 3. The lowest BCUT2D eigenvalue weighted by atomic mass is 10.1. The molecule has 1 aliphatic rings. The number of carbonyl (C=O) groups excluding carboxylic acids is 4. The SMILES string of the molecule is NC(=O)CCC(N)C(=O)N1CCCC1C(=O)NC(CC(=O)O)C(=O)NC(CCC(=O)O)C(=O)O. The first kappa shape index (κ1) is 28.3. The Kier molecular flexibility index (Phi) is 10.9. The monoisotopic (exact) mass is 487 g/mol. The van der Waals surface area contributed by atoms with Gasteiger partial charge in [0.1, 0.15) is 18.1 Å². The fraction of sp³-hybridized carbons (Fsp3) is 0.632. The zero-order valence-corrected chi connectivity index (χ0v) is 18.3. The van der Waals surface area contributed by atoms with E-state index >= 15 is 0 Å². The van der Waals surface area contributed by atoms with Crippen LogP contribution in [-0.2, 0) is 33.6 Å². The second kappa shape index (κ2) is 13.1. The zero-order valence-electron chi connectivity index (χ0n) is 18.3. The summed E-state index contributed by atoms with van der Waals surface area (Å²) in [5, 5.41) is 31.2. The molecule has 0 radical (unpaired) electrons. The van der Waals surface area contributed by atoms with Gasteiger partial charge >= 0.3 is 17.9 Å². The predicted octanol–water partition coefficient (Wildman–Crippen LogP) is -3.04. The van der Waals surface area contributed by atoms with Crippen molar-refractivity contribution in [2.75, 3.05) is 6.54 Å². The van der Waals surface area contributed by atoms with Gasteiger partial charge in [-0.1, -0.05) is 0 Å². The third-order valence-corrected chi connectivity index (χ3v) is 5.13. The van der Waals surface area contributed by atoms with Crippen molar-refractivity contribution in [1.82, 2.24) is 15.5 Å². The summed E-state index contributed by atoms with van der Waals surface area (Å²) in [5.74, 6) is -7.54. The van der Waals surface area contributed by atoms with Gasteiger partial charge < -0.3 is 42.3 Å². The topological polar surface area (TPSA) is 260 Å². The van der Waals surface area contributed by atoms with Crippen molar-refractivity contribution in [3.05, 3.63) is 0 Å². The standard InChI is InChI=1S/C19H29N5O10/c20-9(3-5-13(21)25)18(32)24-7-1-2-12(24)17(31)23-11(8-15(28)29)16(30)22-10(19(33)34)4-6-14(26)27/h9-12H,1-8,20H2,(H2,21,25)(H,22,30)(H,23,31)(H,26,27)(H,28,29)(H,33,34). The Morgan fingerprint density at radius 3 is 2.09 bits per heavy atom. The highest BCUT2D eigenvalue weighted by Crippen LogP contribution is 2.19. The van der Waals surface area contributed by atoms with E-state index in [1.54, 1.807) is 0 Å². The summed E-state index contributed by atoms with van der Waals surface area (Å²) >= 11 is 0. The minimum atomic E-state index is -1.68. The van der Waals surface area contributed by atoms with Gasteiger partial charge in [0.05, 0.1) is 12.5 Å². The van der Waals surface area contributed by atoms with Crippen LogP contribution >= 0.6 is 0 Å². The molecule has 0 spiro atoms. The van der Waals surface area contributed by atoms with E-state index in [9.17, 15) is 38.7 Å². The van der Waals surface area contributed by atoms with Crippen molar-refractivity contribution >= 4 is 41.5 Å². The van der Waals surface area contributed by atoms with E-state index in [4.69, 9.17) is 21.7 Å². The van der Waals surface area contributed by atoms with Gasteiger partial charge in [0.25, 0.3) is 0 Å². The van der Waals surface area contributed by atoms with Crippen molar-refractivity contribution < 1.29 is 48.9 Å². The molecule has 34 heavy (non-hydrogen) atoms. The molecule has 15 nitrogen and oxygen atoms in total. The normalized spacial score (nSPS) is 17.8. The molecule has 4 atom stereocenters. The summed E-state index contributed by atoms with van der Waals surface area (Å²) in [7, 11) is 0. The van der Waals surface area contributed by atoms with E-state index in [-0.39, 0.29) is 25.8 Å². The maximum atomic E-state index is 12.8. The summed E-state index contributed by atoms with van der Waals surface area (Å²) < 4.78 is 0. The van der Waals surface area contributed by atoms with Crippen molar-refractivity contribution in [1.29, 1.82) is 0 Å². The molecule has 1 rings (SSSR count). The smallest absolute Gasteiger partial charge is 0.326 e. The predicted molar refractivity (Wildman–Crippen MR) is 112 cm³/mol. The van der Waals surface area contributed by atoms with Crippen molar-refractivity contribution in [2.45, 2.75) is 69.1 Å². The number of amides is 4. The van der Waals surface area contributed by atoms with Crippen molar-refractivity contribution in [3.8, 4) is 0 Å². The summed E-state index contributed by atoms with van der Waals surface area (Å²) in [5.41, 5.74) is 10.8. The summed E-state index contributed by atoms with van der Waals surface area (Å²) in [6.07, 6.45) is -1.44. The maximum Gasteiger partial charge on any atom is 0.326 e. The number of likely N-dealkylation sites (tertiary alicyclic amines) is 1. The molecule has 0 aliphatic carbocycles. The molecule has 1 aliphatic heterocycles. The number of nitrogens with two attached hydrogens (primary N) is 2. The molecule has 9 N–H and O–H groups in total. The van der Waals surface area contributed by atoms with E-state index in [2.05, 4.69) is 5.32 Å². The van der Waals surface area contributed by atoms with Crippen LogP contribution in [0.15, 0.2) is 0 Å². The molecule has 0 aromatic heterocycles. The number of rotatable bonds is 14. The second-order valence-electron chi connectivity index (χ2n) is 7.79. The molecule has 4 amide bonds. The number of aliphatic carboxylic acids is 3. The average molecular weight is 487 g/mol. The molecular weight excluding hydrogens is 458 g/mol. The van der Waals surface area contributed by atoms with Crippen LogP contribution in [0.3, 0.4) is 0 Å². The third kappa shape index (κ3) is 9.01. The van der Waals surface area contributed by atoms with Crippen LogP contribution in [0.4, 0.5) is 0 Å². The molecule has 0 saturated carbocycles. The lowest BCUT2D eigenvalue weighted by Crippen LogP contribution is -2.57. The van der Waals surface area contributed by atoms with Gasteiger partial charge in [0.2, 0.25) is 23.6 Å². The first-order valence-corrected chi connectivity index (χ1v) is 10.4. The number of carboxylic acids is 3. The summed E-state index contributed by atoms with van der Waals surface area (Å²) in [4.78, 5) is 83.2. The Labute approximate surface area is 193 Å². The van der Waals surface area contributed by atoms with Gasteiger partial charge in [-0.15, -0.1) is 0 Å². The fourth-order valence-electron chi connectivity index (χ4n) is 3.39. The second-order valence-corrected chi connectivity index (χ2v) is 7.79. The minimum Gasteiger partial charge on any atom is -0.481 e. The molecule has 0 aromatic rings. The number of hydrogen-bond donors (Lipinski definition) is 7. The highest BCUT2D eigenvalue weighted by Gasteiger charge is 2.38. The molecule has 1 heterocycles. The molecule has 15 heteroatoms. The zero-order chi connectivity index (χ0) is 26.0. The fourth-order valence-corrected chi connectivity index (χ4v) is 3.39. The Morgan fingerprint density at radius 2 is 1.56 bits per heavy atom. The third-order valence-electron chi connectivity index (χ3n) is 5.13. The highest BCUT2D eigenvalue weighted by molar-refractivity contribution is 5.96. The number of carbonyl (C=O) groups is 7. The van der Waals surface area contributed by atoms with Gasteiger partial charge in [-0.2, -0.15) is 0 Å². The Hall–Kier alpha value is -3.75. The Morgan fingerprint density at radius 1 is 0.912 bits per heavy atom. The van der Waals surface area contributed by atoms with Gasteiger partial charge in [-0.3, -0.25) is 28.8 Å². The largest absolute Gasteiger partial charge is 0.481 e. The van der Waals surface area contributed by atoms with E-state index < -0.39 is 85.0 Å². The summed E-state index contributed by atoms with van der Waals surface area (Å²) in [6.45, 7) is 0.174. The lowest BCUT2D eigenvalue weighted by molar-refractivity contribution is -0.145. The van der Waals surface area contributed by atoms with Gasteiger partial charge in [-0.05, 0) is 25.7 Å². The minimum absolute atomic E-state index is 0.0318. The molecule has 4 unspecified atom stereocenters. The quantitative estimate of drug-likeness (QED) is 0.129. The lowest BCUT2D eigenvalue weighted by Gasteiger charge is -2.28. The molecular formula is C19H29N5O10. The Bertz CT molecular complexity index is 832. The molecule has 1 saturated heterocycles. The van der Waals surface area contributed by atoms with Crippen LogP contribution in [0.2, 0.25) is 0 Å². The van der Waals surface area contributed by atoms with E-state index in [1.807, 2.05) is 5.32 Å². The van der Waals surface area contributed by atoms with Crippen LogP contribution in [-0.4, -0.2) is 92.5 Å². The molecule has 190 valence electrons. The van der Waals surface area contributed by atoms with Crippen molar-refractivity contribution in [3.63, 3.8) is 0 Å². The van der Waals surface area contributed by atoms with Crippen molar-refractivity contribution in [2.24, 2.45) is 11.5 Å². The van der Waals surface area contributed by atoms with E-state index in [0.29, 0.717) is 6.42 Å². The van der Waals surface area contributed by atoms with Crippen LogP contribution < -0.4 is 22.1 Å². The number of primary amides is 1. The number of nitrogens with zero attached hydrogens (tertiary/aromatic N) is 1. The van der Waals surface area contributed by atoms with Crippen LogP contribution in [0.5, 0.6) is 0 Å². The highest BCUT2D eigenvalue weighted by atomic mass is 16.4. The first-order chi connectivity index (χ1) is 15.8. The number of nitrogens with one attached hydrogen (secondary N) is 2. The van der Waals surface area contributed by atoms with Gasteiger partial charge in [0.15, 0.2) is 0 Å². The van der Waals surface area contributed by atoms with E-state index in [0.717, 1.165) is 0 Å². The number of hydrogen-bond acceptors (Lipinski definition) is 8. The average Bonchev–Trinajstić information content (AvgIpc) is 3.22. The summed E-state index contributed by atoms with van der Waals surface area (Å²) in [6, 6.07) is -5.45. The first-order valence-electron chi connectivity index (χ1n) is 10.4. The van der Waals surface area contributed by atoms with Crippen LogP contribution in [0.1, 0.15) is 44.9 Å². The Balaban J connectivity index is 2.90. The van der Waals surface area contributed by atoms with Gasteiger partial charge in [-0.25, -0.2) is 4.79 Å².